The summed E-state index contributed by atoms with van der Waals surface area (Å²) >= 11 is 0. The van der Waals surface area contributed by atoms with Crippen molar-refractivity contribution in [2.75, 3.05) is 0 Å². The topological polar surface area (TPSA) is 54.5 Å². The van der Waals surface area contributed by atoms with E-state index in [1.807, 2.05) is 54.6 Å². The third-order valence-electron chi connectivity index (χ3n) is 10.8. The van der Waals surface area contributed by atoms with Crippen molar-refractivity contribution in [3.8, 4) is 56.7 Å². The summed E-state index contributed by atoms with van der Waals surface area (Å²) < 4.78 is 2.38. The Balaban J connectivity index is 1.29. The van der Waals surface area contributed by atoms with Gasteiger partial charge in [-0.05, 0) is 81.9 Å². The normalized spacial score (nSPS) is 12.9. The van der Waals surface area contributed by atoms with E-state index in [1.165, 1.54) is 33.0 Å². The van der Waals surface area contributed by atoms with Crippen LogP contribution in [0.4, 0.5) is 0 Å². The van der Waals surface area contributed by atoms with Crippen LogP contribution in [0.25, 0.3) is 83.3 Å². The van der Waals surface area contributed by atoms with Crippen LogP contribution in [0.15, 0.2) is 158 Å². The van der Waals surface area contributed by atoms with Crippen LogP contribution in [-0.4, -0.2) is 14.5 Å². The predicted molar refractivity (Wildman–Crippen MR) is 212 cm³/mol. The molecule has 0 aliphatic heterocycles. The first kappa shape index (κ1) is 30.0. The minimum absolute atomic E-state index is 0.146. The molecule has 0 atom stereocenters. The van der Waals surface area contributed by atoms with Gasteiger partial charge in [-0.1, -0.05) is 123 Å². The maximum atomic E-state index is 10.2. The van der Waals surface area contributed by atoms with Gasteiger partial charge >= 0.3 is 0 Å². The molecule has 4 heteroatoms. The van der Waals surface area contributed by atoms with Crippen molar-refractivity contribution in [1.29, 1.82) is 5.26 Å². The fourth-order valence-corrected chi connectivity index (χ4v) is 8.32. The highest BCUT2D eigenvalue weighted by molar-refractivity contribution is 6.12. The van der Waals surface area contributed by atoms with Crippen molar-refractivity contribution < 1.29 is 0 Å². The maximum absolute atomic E-state index is 10.2. The van der Waals surface area contributed by atoms with E-state index in [9.17, 15) is 5.26 Å². The first-order chi connectivity index (χ1) is 25.5. The summed E-state index contributed by atoms with van der Waals surface area (Å²) in [4.78, 5) is 10.4. The Bertz CT molecular complexity index is 2940. The summed E-state index contributed by atoms with van der Waals surface area (Å²) in [5.41, 5.74) is 14.5. The Morgan fingerprint density at radius 1 is 0.519 bits per heavy atom. The number of aromatic nitrogens is 3. The quantitative estimate of drug-likeness (QED) is 0.188. The highest BCUT2D eigenvalue weighted by Crippen LogP contribution is 2.51. The lowest BCUT2D eigenvalue weighted by atomic mass is 9.82. The standard InChI is InChI=1S/C48H32N4/c1-48(2)41-21-11-8-18-36(41)39-27-40-37-19-10-13-23-44(37)52(45(40)28-42(39)48)34-25-32(35-17-7-6-16-31(35)29-49)24-33(26-34)47-50-43-22-12-9-20-38(43)46(51-47)30-14-4-3-5-15-30/h3-28H,1-2H3. The van der Waals surface area contributed by atoms with Gasteiger partial charge in [-0.25, -0.2) is 9.97 Å². The van der Waals surface area contributed by atoms with Gasteiger partial charge < -0.3 is 4.57 Å². The lowest BCUT2D eigenvalue weighted by molar-refractivity contribution is 0.661. The van der Waals surface area contributed by atoms with Gasteiger partial charge in [0.15, 0.2) is 5.82 Å². The first-order valence-corrected chi connectivity index (χ1v) is 17.6. The van der Waals surface area contributed by atoms with Crippen LogP contribution in [0.3, 0.4) is 0 Å². The Labute approximate surface area is 301 Å². The van der Waals surface area contributed by atoms with E-state index in [-0.39, 0.29) is 5.41 Å². The maximum Gasteiger partial charge on any atom is 0.160 e. The number of hydrogen-bond acceptors (Lipinski definition) is 3. The highest BCUT2D eigenvalue weighted by Gasteiger charge is 2.36. The van der Waals surface area contributed by atoms with E-state index in [4.69, 9.17) is 9.97 Å². The molecule has 2 heterocycles. The number of nitrogens with zero attached hydrogens (tertiary/aromatic N) is 4. The van der Waals surface area contributed by atoms with Crippen molar-refractivity contribution in [3.63, 3.8) is 0 Å². The van der Waals surface area contributed by atoms with E-state index < -0.39 is 0 Å². The summed E-state index contributed by atoms with van der Waals surface area (Å²) in [6, 6.07) is 57.5. The van der Waals surface area contributed by atoms with Crippen molar-refractivity contribution in [3.05, 3.63) is 174 Å². The number of para-hydroxylation sites is 2. The van der Waals surface area contributed by atoms with Gasteiger partial charge in [-0.2, -0.15) is 5.26 Å². The van der Waals surface area contributed by atoms with Gasteiger partial charge in [0, 0.05) is 38.4 Å². The Kier molecular flexibility index (Phi) is 6.55. The minimum atomic E-state index is -0.146. The third kappa shape index (κ3) is 4.46. The lowest BCUT2D eigenvalue weighted by Crippen LogP contribution is -2.15. The van der Waals surface area contributed by atoms with Crippen molar-refractivity contribution in [1.82, 2.24) is 14.5 Å². The molecule has 0 N–H and O–H groups in total. The fraction of sp³-hybridized carbons (Fsp3) is 0.0625. The molecule has 9 aromatic rings. The molecule has 0 bridgehead atoms. The molecule has 52 heavy (non-hydrogen) atoms. The van der Waals surface area contributed by atoms with Gasteiger partial charge in [0.2, 0.25) is 0 Å². The van der Waals surface area contributed by atoms with Gasteiger partial charge in [0.05, 0.1) is 33.9 Å². The molecule has 2 aromatic heterocycles. The smallest absolute Gasteiger partial charge is 0.160 e. The van der Waals surface area contributed by atoms with Crippen LogP contribution in [0.2, 0.25) is 0 Å². The zero-order valence-electron chi connectivity index (χ0n) is 28.8. The average molecular weight is 665 g/mol. The van der Waals surface area contributed by atoms with Gasteiger partial charge in [-0.3, -0.25) is 0 Å². The van der Waals surface area contributed by atoms with Crippen molar-refractivity contribution in [2.24, 2.45) is 0 Å². The zero-order valence-corrected chi connectivity index (χ0v) is 28.8. The minimum Gasteiger partial charge on any atom is -0.309 e. The van der Waals surface area contributed by atoms with Gasteiger partial charge in [0.25, 0.3) is 0 Å². The van der Waals surface area contributed by atoms with E-state index in [2.05, 4.69) is 128 Å². The van der Waals surface area contributed by atoms with Crippen LogP contribution in [0, 0.1) is 11.3 Å². The zero-order chi connectivity index (χ0) is 35.0. The monoisotopic (exact) mass is 664 g/mol. The molecule has 244 valence electrons. The predicted octanol–water partition coefficient (Wildman–Crippen LogP) is 11.9. The van der Waals surface area contributed by atoms with E-state index in [1.54, 1.807) is 0 Å². The Morgan fingerprint density at radius 3 is 2.06 bits per heavy atom. The molecule has 1 aliphatic carbocycles. The first-order valence-electron chi connectivity index (χ1n) is 17.6. The molecular formula is C48H32N4. The molecular weight excluding hydrogens is 633 g/mol. The largest absolute Gasteiger partial charge is 0.309 e. The molecule has 0 spiro atoms. The lowest BCUT2D eigenvalue weighted by Gasteiger charge is -2.22. The van der Waals surface area contributed by atoms with Crippen LogP contribution < -0.4 is 0 Å². The van der Waals surface area contributed by atoms with Crippen LogP contribution in [0.1, 0.15) is 30.5 Å². The van der Waals surface area contributed by atoms with Crippen LogP contribution >= 0.6 is 0 Å². The molecule has 0 fully saturated rings. The third-order valence-corrected chi connectivity index (χ3v) is 10.8. The average Bonchev–Trinajstić information content (AvgIpc) is 3.64. The molecule has 1 aliphatic rings. The summed E-state index contributed by atoms with van der Waals surface area (Å²) in [7, 11) is 0. The molecule has 4 nitrogen and oxygen atoms in total. The second kappa shape index (κ2) is 11.3. The molecule has 7 aromatic carbocycles. The number of nitriles is 1. The molecule has 0 amide bonds. The van der Waals surface area contributed by atoms with Gasteiger partial charge in [0.1, 0.15) is 0 Å². The fourth-order valence-electron chi connectivity index (χ4n) is 8.32. The SMILES string of the molecule is CC1(C)c2ccccc2-c2cc3c4ccccc4n(-c4cc(-c5nc(-c6ccccc6)c6ccccc6n5)cc(-c5ccccc5C#N)c4)c3cc21. The van der Waals surface area contributed by atoms with Crippen LogP contribution in [-0.2, 0) is 5.41 Å². The summed E-state index contributed by atoms with van der Waals surface area (Å²) in [5, 5.41) is 13.6. The second-order valence-corrected chi connectivity index (χ2v) is 14.1. The summed E-state index contributed by atoms with van der Waals surface area (Å²) in [6.45, 7) is 4.66. The summed E-state index contributed by atoms with van der Waals surface area (Å²) in [6.07, 6.45) is 0. The van der Waals surface area contributed by atoms with Crippen LogP contribution in [0.5, 0.6) is 0 Å². The van der Waals surface area contributed by atoms with E-state index in [0.717, 1.165) is 55.6 Å². The van der Waals surface area contributed by atoms with E-state index >= 15 is 0 Å². The molecule has 10 rings (SSSR count). The Hall–Kier alpha value is -6.83. The molecule has 0 radical (unpaired) electrons. The Morgan fingerprint density at radius 2 is 1.21 bits per heavy atom. The summed E-state index contributed by atoms with van der Waals surface area (Å²) in [5.74, 6) is 0.633. The van der Waals surface area contributed by atoms with E-state index in [0.29, 0.717) is 11.4 Å². The molecule has 0 saturated heterocycles. The second-order valence-electron chi connectivity index (χ2n) is 14.1. The number of hydrogen-bond donors (Lipinski definition) is 0. The number of rotatable bonds is 4. The van der Waals surface area contributed by atoms with Gasteiger partial charge in [-0.15, -0.1) is 0 Å². The van der Waals surface area contributed by atoms with Crippen molar-refractivity contribution in [2.45, 2.75) is 19.3 Å². The molecule has 0 unspecified atom stereocenters. The van der Waals surface area contributed by atoms with Crippen molar-refractivity contribution >= 4 is 32.7 Å². The number of fused-ring (bicyclic) bond motifs is 7. The molecule has 0 saturated carbocycles. The highest BCUT2D eigenvalue weighted by atomic mass is 15.0. The number of benzene rings is 7.